The molecule has 0 radical (unpaired) electrons. The third-order valence-corrected chi connectivity index (χ3v) is 1.33. The van der Waals surface area contributed by atoms with Crippen molar-refractivity contribution in [2.45, 2.75) is 55.4 Å². The standard InChI is InChI=1S/4C4H9O.Zr/c4*1-4(2)3-5;/h4*4H,3H2,1-2H3;/q4*-1;+4. The molecule has 21 heavy (non-hydrogen) atoms. The van der Waals surface area contributed by atoms with Gasteiger partial charge in [0.2, 0.25) is 0 Å². The maximum absolute atomic E-state index is 9.63. The van der Waals surface area contributed by atoms with Gasteiger partial charge in [-0.3, -0.25) is 0 Å². The summed E-state index contributed by atoms with van der Waals surface area (Å²) in [6.45, 7) is 15.5. The van der Waals surface area contributed by atoms with Crippen LogP contribution < -0.4 is 20.4 Å². The van der Waals surface area contributed by atoms with Gasteiger partial charge in [-0.05, 0) is 0 Å². The average Bonchev–Trinajstić information content (AvgIpc) is 2.40. The van der Waals surface area contributed by atoms with Gasteiger partial charge in [0.25, 0.3) is 0 Å². The first-order valence-electron chi connectivity index (χ1n) is 7.41. The van der Waals surface area contributed by atoms with Crippen LogP contribution in [0, 0.1) is 23.7 Å². The van der Waals surface area contributed by atoms with Crippen LogP contribution in [-0.4, -0.2) is 26.4 Å². The Morgan fingerprint density at radius 1 is 0.429 bits per heavy atom. The van der Waals surface area contributed by atoms with Gasteiger partial charge in [-0.15, -0.1) is 26.4 Å². The van der Waals surface area contributed by atoms with E-state index in [1.807, 2.05) is 55.4 Å². The maximum atomic E-state index is 9.63. The SMILES string of the molecule is CC(C)C[O-].CC(C)C[O-].CC(C)C[O-].CC(C)C[O-].[Zr+4]. The van der Waals surface area contributed by atoms with Gasteiger partial charge < -0.3 is 20.4 Å². The Morgan fingerprint density at radius 2 is 0.476 bits per heavy atom. The molecule has 4 nitrogen and oxygen atoms in total. The molecule has 0 amide bonds. The molecular weight excluding hydrogens is 347 g/mol. The predicted molar refractivity (Wildman–Crippen MR) is 78.8 cm³/mol. The van der Waals surface area contributed by atoms with Crippen LogP contribution in [0.4, 0.5) is 0 Å². The van der Waals surface area contributed by atoms with Gasteiger partial charge in [0.1, 0.15) is 0 Å². The first-order chi connectivity index (χ1) is 9.08. The molecule has 5 heteroatoms. The van der Waals surface area contributed by atoms with E-state index in [2.05, 4.69) is 0 Å². The third kappa shape index (κ3) is 95.5. The summed E-state index contributed by atoms with van der Waals surface area (Å²) in [4.78, 5) is 0. The molecule has 0 atom stereocenters. The van der Waals surface area contributed by atoms with Gasteiger partial charge in [-0.2, -0.15) is 0 Å². The van der Waals surface area contributed by atoms with Gasteiger partial charge in [0, 0.05) is 0 Å². The van der Waals surface area contributed by atoms with Crippen molar-refractivity contribution in [3.8, 4) is 0 Å². The van der Waals surface area contributed by atoms with Crippen LogP contribution in [0.15, 0.2) is 0 Å². The van der Waals surface area contributed by atoms with Gasteiger partial charge >= 0.3 is 26.2 Å². The Hall–Kier alpha value is 0.723. The molecule has 0 saturated heterocycles. The molecule has 0 spiro atoms. The molecule has 0 aliphatic heterocycles. The molecule has 0 aromatic heterocycles. The summed E-state index contributed by atoms with van der Waals surface area (Å²) in [7, 11) is 0. The second-order valence-electron chi connectivity index (χ2n) is 6.24. The van der Waals surface area contributed by atoms with Gasteiger partial charge in [-0.1, -0.05) is 79.1 Å². The van der Waals surface area contributed by atoms with Crippen molar-refractivity contribution in [2.24, 2.45) is 23.7 Å². The fraction of sp³-hybridized carbons (Fsp3) is 1.00. The molecule has 0 bridgehead atoms. The van der Waals surface area contributed by atoms with E-state index in [0.29, 0.717) is 23.7 Å². The van der Waals surface area contributed by atoms with Crippen LogP contribution in [0.25, 0.3) is 0 Å². The topological polar surface area (TPSA) is 92.2 Å². The summed E-state index contributed by atoms with van der Waals surface area (Å²) >= 11 is 0. The summed E-state index contributed by atoms with van der Waals surface area (Å²) in [6, 6.07) is 0. The number of rotatable bonds is 4. The minimum Gasteiger partial charge on any atom is -0.854 e. The molecule has 128 valence electrons. The summed E-state index contributed by atoms with van der Waals surface area (Å²) in [6.07, 6.45) is 0. The van der Waals surface area contributed by atoms with E-state index in [1.54, 1.807) is 0 Å². The quantitative estimate of drug-likeness (QED) is 0.683. The van der Waals surface area contributed by atoms with Gasteiger partial charge in [-0.25, -0.2) is 0 Å². The Morgan fingerprint density at radius 3 is 0.476 bits per heavy atom. The van der Waals surface area contributed by atoms with E-state index in [-0.39, 0.29) is 52.6 Å². The van der Waals surface area contributed by atoms with Crippen LogP contribution >= 0.6 is 0 Å². The van der Waals surface area contributed by atoms with Crippen LogP contribution in [0.3, 0.4) is 0 Å². The zero-order valence-corrected chi connectivity index (χ0v) is 17.7. The fourth-order valence-corrected chi connectivity index (χ4v) is 0. The molecule has 0 fully saturated rings. The smallest absolute Gasteiger partial charge is 0.854 e. The summed E-state index contributed by atoms with van der Waals surface area (Å²) in [5.74, 6) is 1.31. The van der Waals surface area contributed by atoms with Crippen LogP contribution in [0.2, 0.25) is 0 Å². The van der Waals surface area contributed by atoms with Crippen molar-refractivity contribution in [3.05, 3.63) is 0 Å². The van der Waals surface area contributed by atoms with Crippen molar-refractivity contribution in [1.82, 2.24) is 0 Å². The molecule has 0 unspecified atom stereocenters. The Labute approximate surface area is 152 Å². The van der Waals surface area contributed by atoms with E-state index < -0.39 is 0 Å². The molecule has 0 aromatic carbocycles. The van der Waals surface area contributed by atoms with E-state index in [9.17, 15) is 20.4 Å². The molecular formula is C16H36O4Zr. The van der Waals surface area contributed by atoms with Crippen molar-refractivity contribution < 1.29 is 46.6 Å². The molecule has 0 aliphatic carbocycles. The third-order valence-electron chi connectivity index (χ3n) is 1.33. The Balaban J connectivity index is -0.0000000533. The maximum Gasteiger partial charge on any atom is 4.00 e. The van der Waals surface area contributed by atoms with E-state index in [4.69, 9.17) is 0 Å². The summed E-state index contributed by atoms with van der Waals surface area (Å²) < 4.78 is 0. The van der Waals surface area contributed by atoms with Crippen LogP contribution in [-0.2, 0) is 26.2 Å². The van der Waals surface area contributed by atoms with Crippen molar-refractivity contribution in [1.29, 1.82) is 0 Å². The zero-order valence-electron chi connectivity index (χ0n) is 15.3. The Kier molecular flexibility index (Phi) is 45.8. The van der Waals surface area contributed by atoms with Crippen molar-refractivity contribution in [2.75, 3.05) is 26.4 Å². The summed E-state index contributed by atoms with van der Waals surface area (Å²) in [5.41, 5.74) is 0. The van der Waals surface area contributed by atoms with Gasteiger partial charge in [0.05, 0.1) is 0 Å². The zero-order chi connectivity index (χ0) is 17.1. The molecule has 0 saturated carbocycles. The van der Waals surface area contributed by atoms with Crippen LogP contribution in [0.1, 0.15) is 55.4 Å². The summed E-state index contributed by atoms with van der Waals surface area (Å²) in [5, 5.41) is 38.5. The largest absolute Gasteiger partial charge is 4.00 e. The molecule has 0 N–H and O–H groups in total. The van der Waals surface area contributed by atoms with Gasteiger partial charge in [0.15, 0.2) is 0 Å². The van der Waals surface area contributed by atoms with E-state index in [0.717, 1.165) is 0 Å². The molecule has 0 aromatic rings. The molecule has 0 heterocycles. The number of hydrogen-bond acceptors (Lipinski definition) is 4. The minimum absolute atomic E-state index is 0. The second-order valence-corrected chi connectivity index (χ2v) is 6.24. The first kappa shape index (κ1) is 33.4. The normalized spacial score (nSPS) is 9.14. The first-order valence-corrected chi connectivity index (χ1v) is 7.41. The monoisotopic (exact) mass is 382 g/mol. The van der Waals surface area contributed by atoms with E-state index >= 15 is 0 Å². The average molecular weight is 384 g/mol. The minimum atomic E-state index is 0. The number of hydrogen-bond donors (Lipinski definition) is 0. The predicted octanol–water partition coefficient (Wildman–Crippen LogP) is 0.00830. The second kappa shape index (κ2) is 28.8. The Bertz CT molecular complexity index is 108. The van der Waals surface area contributed by atoms with Crippen molar-refractivity contribution in [3.63, 3.8) is 0 Å². The van der Waals surface area contributed by atoms with Crippen molar-refractivity contribution >= 4 is 0 Å². The van der Waals surface area contributed by atoms with Crippen LogP contribution in [0.5, 0.6) is 0 Å². The molecule has 0 aliphatic rings. The van der Waals surface area contributed by atoms with E-state index in [1.165, 1.54) is 0 Å². The fourth-order valence-electron chi connectivity index (χ4n) is 0. The molecule has 0 rings (SSSR count).